The summed E-state index contributed by atoms with van der Waals surface area (Å²) < 4.78 is 0. The molecule has 0 heterocycles. The molecule has 1 aliphatic rings. The number of benzene rings is 1. The summed E-state index contributed by atoms with van der Waals surface area (Å²) in [4.78, 5) is 0. The zero-order chi connectivity index (χ0) is 10.7. The van der Waals surface area contributed by atoms with E-state index in [4.69, 9.17) is 11.6 Å². The Hall–Kier alpha value is -0.530. The van der Waals surface area contributed by atoms with Gasteiger partial charge in [-0.3, -0.25) is 0 Å². The van der Waals surface area contributed by atoms with Crippen molar-refractivity contribution >= 4 is 11.6 Å². The molecule has 1 aliphatic carbocycles. The smallest absolute Gasteiger partial charge is 0.0438 e. The molecule has 1 saturated carbocycles. The Morgan fingerprint density at radius 2 is 1.93 bits per heavy atom. The fourth-order valence-electron chi connectivity index (χ4n) is 2.57. The van der Waals surface area contributed by atoms with Crippen LogP contribution in [0.15, 0.2) is 24.3 Å². The van der Waals surface area contributed by atoms with Gasteiger partial charge >= 0.3 is 0 Å². The van der Waals surface area contributed by atoms with E-state index in [-0.39, 0.29) is 0 Å². The third-order valence-corrected chi connectivity index (χ3v) is 3.95. The van der Waals surface area contributed by atoms with Crippen molar-refractivity contribution in [3.05, 3.63) is 34.9 Å². The first kappa shape index (κ1) is 11.0. The van der Waals surface area contributed by atoms with Crippen molar-refractivity contribution in [2.24, 2.45) is 0 Å². The average molecular weight is 224 g/mol. The summed E-state index contributed by atoms with van der Waals surface area (Å²) in [6.45, 7) is 0. The highest BCUT2D eigenvalue weighted by atomic mass is 35.5. The van der Waals surface area contributed by atoms with E-state index in [0.717, 1.165) is 11.4 Å². The Morgan fingerprint density at radius 1 is 1.27 bits per heavy atom. The first-order valence-electron chi connectivity index (χ1n) is 5.68. The van der Waals surface area contributed by atoms with Gasteiger partial charge in [0.05, 0.1) is 0 Å². The molecule has 1 N–H and O–H groups in total. The summed E-state index contributed by atoms with van der Waals surface area (Å²) in [6.07, 6.45) is 6.28. The molecule has 0 bridgehead atoms. The van der Waals surface area contributed by atoms with Gasteiger partial charge in [0.1, 0.15) is 0 Å². The Morgan fingerprint density at radius 3 is 2.53 bits per heavy atom. The van der Waals surface area contributed by atoms with Crippen molar-refractivity contribution in [2.75, 3.05) is 7.05 Å². The maximum atomic E-state index is 6.19. The summed E-state index contributed by atoms with van der Waals surface area (Å²) in [5.41, 5.74) is 1.57. The quantitative estimate of drug-likeness (QED) is 0.828. The number of rotatable bonds is 3. The molecule has 0 radical (unpaired) electrons. The molecular formula is C13H18ClN. The molecule has 0 amide bonds. The Bertz CT molecular complexity index is 329. The third-order valence-electron chi connectivity index (χ3n) is 3.58. The second-order valence-electron chi connectivity index (χ2n) is 4.51. The van der Waals surface area contributed by atoms with Gasteiger partial charge in [0.2, 0.25) is 0 Å². The fraction of sp³-hybridized carbons (Fsp3) is 0.538. The lowest BCUT2D eigenvalue weighted by molar-refractivity contribution is 0.357. The van der Waals surface area contributed by atoms with E-state index in [1.165, 1.54) is 31.2 Å². The summed E-state index contributed by atoms with van der Waals surface area (Å²) >= 11 is 6.19. The van der Waals surface area contributed by atoms with Crippen molar-refractivity contribution in [3.8, 4) is 0 Å². The number of likely N-dealkylation sites (N-methyl/N-ethyl adjacent to an activating group) is 1. The van der Waals surface area contributed by atoms with Gasteiger partial charge in [-0.1, -0.05) is 42.6 Å². The van der Waals surface area contributed by atoms with Gasteiger partial charge in [-0.05, 0) is 37.9 Å². The summed E-state index contributed by atoms with van der Waals surface area (Å²) in [5, 5.41) is 4.40. The topological polar surface area (TPSA) is 12.0 Å². The van der Waals surface area contributed by atoms with E-state index < -0.39 is 0 Å². The van der Waals surface area contributed by atoms with E-state index in [1.807, 2.05) is 12.1 Å². The number of halogens is 1. The molecule has 1 aromatic rings. The molecule has 1 aromatic carbocycles. The first-order chi connectivity index (χ1) is 7.26. The highest BCUT2D eigenvalue weighted by Crippen LogP contribution is 2.33. The van der Waals surface area contributed by atoms with Gasteiger partial charge < -0.3 is 5.32 Å². The van der Waals surface area contributed by atoms with E-state index >= 15 is 0 Å². The minimum absolute atomic E-state index is 0.297. The van der Waals surface area contributed by atoms with E-state index in [0.29, 0.717) is 5.54 Å². The minimum Gasteiger partial charge on any atom is -0.314 e. The summed E-state index contributed by atoms with van der Waals surface area (Å²) in [6, 6.07) is 8.18. The van der Waals surface area contributed by atoms with Crippen LogP contribution >= 0.6 is 11.6 Å². The number of hydrogen-bond acceptors (Lipinski definition) is 1. The highest BCUT2D eigenvalue weighted by Gasteiger charge is 2.32. The van der Waals surface area contributed by atoms with E-state index in [2.05, 4.69) is 24.5 Å². The molecule has 0 atom stereocenters. The van der Waals surface area contributed by atoms with Crippen LogP contribution in [-0.4, -0.2) is 12.6 Å². The second-order valence-corrected chi connectivity index (χ2v) is 4.91. The van der Waals surface area contributed by atoms with Crippen molar-refractivity contribution in [2.45, 2.75) is 37.6 Å². The Balaban J connectivity index is 2.16. The van der Waals surface area contributed by atoms with Crippen molar-refractivity contribution in [1.82, 2.24) is 5.32 Å². The maximum Gasteiger partial charge on any atom is 0.0438 e. The maximum absolute atomic E-state index is 6.19. The van der Waals surface area contributed by atoms with Crippen LogP contribution < -0.4 is 5.32 Å². The largest absolute Gasteiger partial charge is 0.314 e. The van der Waals surface area contributed by atoms with Crippen LogP contribution in [0.3, 0.4) is 0 Å². The van der Waals surface area contributed by atoms with Crippen molar-refractivity contribution < 1.29 is 0 Å². The fourth-order valence-corrected chi connectivity index (χ4v) is 2.78. The molecule has 1 fully saturated rings. The summed E-state index contributed by atoms with van der Waals surface area (Å²) in [7, 11) is 2.07. The second kappa shape index (κ2) is 4.54. The minimum atomic E-state index is 0.297. The molecule has 0 aliphatic heterocycles. The standard InChI is InChI=1S/C13H18ClN/c1-15-13(8-4-5-9-13)10-11-6-2-3-7-12(11)14/h2-3,6-7,15H,4-5,8-10H2,1H3. The first-order valence-corrected chi connectivity index (χ1v) is 6.06. The van der Waals surface area contributed by atoms with Crippen LogP contribution in [0.25, 0.3) is 0 Å². The number of nitrogens with one attached hydrogen (secondary N) is 1. The monoisotopic (exact) mass is 223 g/mol. The highest BCUT2D eigenvalue weighted by molar-refractivity contribution is 6.31. The third kappa shape index (κ3) is 2.35. The van der Waals surface area contributed by atoms with Crippen LogP contribution in [0.5, 0.6) is 0 Å². The lowest BCUT2D eigenvalue weighted by atomic mass is 9.89. The van der Waals surface area contributed by atoms with Crippen LogP contribution in [0, 0.1) is 0 Å². The zero-order valence-electron chi connectivity index (χ0n) is 9.22. The van der Waals surface area contributed by atoms with Gasteiger partial charge in [0.15, 0.2) is 0 Å². The zero-order valence-corrected chi connectivity index (χ0v) is 9.98. The molecule has 2 rings (SSSR count). The van der Waals surface area contributed by atoms with Crippen molar-refractivity contribution in [3.63, 3.8) is 0 Å². The summed E-state index contributed by atoms with van der Waals surface area (Å²) in [5.74, 6) is 0. The normalized spacial score (nSPS) is 19.3. The van der Waals surface area contributed by atoms with Crippen molar-refractivity contribution in [1.29, 1.82) is 0 Å². The molecule has 2 heteroatoms. The van der Waals surface area contributed by atoms with E-state index in [1.54, 1.807) is 0 Å². The van der Waals surface area contributed by atoms with Gasteiger partial charge in [-0.15, -0.1) is 0 Å². The molecule has 15 heavy (non-hydrogen) atoms. The molecular weight excluding hydrogens is 206 g/mol. The van der Waals surface area contributed by atoms with Gasteiger partial charge in [-0.25, -0.2) is 0 Å². The predicted octanol–water partition coefficient (Wildman–Crippen LogP) is 3.41. The van der Waals surface area contributed by atoms with Gasteiger partial charge in [0, 0.05) is 10.6 Å². The van der Waals surface area contributed by atoms with Gasteiger partial charge in [0.25, 0.3) is 0 Å². The SMILES string of the molecule is CNC1(Cc2ccccc2Cl)CCCC1. The molecule has 0 aromatic heterocycles. The Labute approximate surface area is 96.8 Å². The van der Waals surface area contributed by atoms with Crippen LogP contribution in [0.4, 0.5) is 0 Å². The number of hydrogen-bond donors (Lipinski definition) is 1. The van der Waals surface area contributed by atoms with Crippen LogP contribution in [-0.2, 0) is 6.42 Å². The average Bonchev–Trinajstić information content (AvgIpc) is 2.71. The van der Waals surface area contributed by atoms with E-state index in [9.17, 15) is 0 Å². The molecule has 1 nitrogen and oxygen atoms in total. The Kier molecular flexibility index (Phi) is 3.32. The van der Waals surface area contributed by atoms with Crippen LogP contribution in [0.2, 0.25) is 5.02 Å². The molecule has 0 unspecified atom stereocenters. The van der Waals surface area contributed by atoms with Gasteiger partial charge in [-0.2, -0.15) is 0 Å². The molecule has 0 saturated heterocycles. The van der Waals surface area contributed by atoms with Crippen LogP contribution in [0.1, 0.15) is 31.2 Å². The molecule has 0 spiro atoms. The predicted molar refractivity (Wildman–Crippen MR) is 65.4 cm³/mol. The lowest BCUT2D eigenvalue weighted by Gasteiger charge is -2.29. The molecule has 82 valence electrons. The lowest BCUT2D eigenvalue weighted by Crippen LogP contribution is -2.42.